The molecule has 2 rings (SSSR count). The van der Waals surface area contributed by atoms with Gasteiger partial charge in [-0.2, -0.15) is 0 Å². The van der Waals surface area contributed by atoms with Crippen LogP contribution in [0.25, 0.3) is 0 Å². The molecule has 0 radical (unpaired) electrons. The number of halogens is 3. The molecular weight excluding hydrogens is 397 g/mol. The largest absolute Gasteiger partial charge is 0.306 e. The van der Waals surface area contributed by atoms with Crippen molar-refractivity contribution in [1.82, 2.24) is 5.32 Å². The van der Waals surface area contributed by atoms with Crippen LogP contribution in [0.3, 0.4) is 0 Å². The first-order valence-corrected chi connectivity index (χ1v) is 8.56. The van der Waals surface area contributed by atoms with Gasteiger partial charge in [0.1, 0.15) is 5.82 Å². The number of hydrogen-bond acceptors (Lipinski definition) is 1. The summed E-state index contributed by atoms with van der Waals surface area (Å²) < 4.78 is 15.3. The smallest absolute Gasteiger partial charge is 0.123 e. The third-order valence-corrected chi connectivity index (χ3v) is 4.93. The van der Waals surface area contributed by atoms with Crippen LogP contribution in [-0.2, 0) is 0 Å². The van der Waals surface area contributed by atoms with Crippen LogP contribution in [0.5, 0.6) is 0 Å². The molecule has 1 N–H and O–H groups in total. The first-order valence-electron chi connectivity index (χ1n) is 6.97. The maximum atomic E-state index is 13.2. The molecule has 0 heterocycles. The van der Waals surface area contributed by atoms with Gasteiger partial charge in [0.05, 0.1) is 6.04 Å². The molecule has 0 aromatic heterocycles. The standard InChI is InChI=1S/C17H18Br2FN/c1-3-8-21-17(12-4-6-13(20)7-5-12)14-10-15(18)11(2)9-16(14)19/h4-7,9-10,17,21H,3,8H2,1-2H3. The summed E-state index contributed by atoms with van der Waals surface area (Å²) in [5, 5.41) is 3.54. The van der Waals surface area contributed by atoms with Crippen molar-refractivity contribution >= 4 is 31.9 Å². The summed E-state index contributed by atoms with van der Waals surface area (Å²) in [6.45, 7) is 5.10. The third-order valence-electron chi connectivity index (χ3n) is 3.39. The molecule has 0 aliphatic rings. The summed E-state index contributed by atoms with van der Waals surface area (Å²) in [5.74, 6) is -0.211. The van der Waals surface area contributed by atoms with Crippen molar-refractivity contribution in [2.75, 3.05) is 6.54 Å². The summed E-state index contributed by atoms with van der Waals surface area (Å²) in [6, 6.07) is 10.9. The van der Waals surface area contributed by atoms with E-state index in [2.05, 4.69) is 63.2 Å². The second-order valence-corrected chi connectivity index (χ2v) is 6.77. The summed E-state index contributed by atoms with van der Waals surface area (Å²) in [7, 11) is 0. The first kappa shape index (κ1) is 16.7. The lowest BCUT2D eigenvalue weighted by Crippen LogP contribution is -2.23. The Balaban J connectivity index is 2.45. The molecule has 0 saturated carbocycles. The molecule has 0 bridgehead atoms. The van der Waals surface area contributed by atoms with Gasteiger partial charge in [0.15, 0.2) is 0 Å². The number of nitrogens with one attached hydrogen (secondary N) is 1. The molecular formula is C17H18Br2FN. The van der Waals surface area contributed by atoms with E-state index in [1.54, 1.807) is 0 Å². The summed E-state index contributed by atoms with van der Waals surface area (Å²) in [6.07, 6.45) is 1.04. The molecule has 1 atom stereocenters. The van der Waals surface area contributed by atoms with Gasteiger partial charge in [0, 0.05) is 8.95 Å². The molecule has 0 saturated heterocycles. The van der Waals surface area contributed by atoms with Crippen LogP contribution in [0.4, 0.5) is 4.39 Å². The van der Waals surface area contributed by atoms with E-state index < -0.39 is 0 Å². The number of hydrogen-bond donors (Lipinski definition) is 1. The minimum atomic E-state index is -0.211. The van der Waals surface area contributed by atoms with Crippen molar-refractivity contribution in [3.05, 3.63) is 67.9 Å². The highest BCUT2D eigenvalue weighted by molar-refractivity contribution is 9.11. The molecule has 21 heavy (non-hydrogen) atoms. The fraction of sp³-hybridized carbons (Fsp3) is 0.294. The van der Waals surface area contributed by atoms with Gasteiger partial charge in [-0.15, -0.1) is 0 Å². The fourth-order valence-corrected chi connectivity index (χ4v) is 3.28. The van der Waals surface area contributed by atoms with E-state index in [1.165, 1.54) is 17.7 Å². The number of aryl methyl sites for hydroxylation is 1. The maximum Gasteiger partial charge on any atom is 0.123 e. The lowest BCUT2D eigenvalue weighted by Gasteiger charge is -2.22. The Morgan fingerprint density at radius 3 is 2.38 bits per heavy atom. The fourth-order valence-electron chi connectivity index (χ4n) is 2.23. The normalized spacial score (nSPS) is 12.4. The number of benzene rings is 2. The Morgan fingerprint density at radius 1 is 1.10 bits per heavy atom. The second-order valence-electron chi connectivity index (χ2n) is 5.06. The van der Waals surface area contributed by atoms with Gasteiger partial charge in [-0.3, -0.25) is 0 Å². The summed E-state index contributed by atoms with van der Waals surface area (Å²) in [5.41, 5.74) is 3.38. The zero-order valence-electron chi connectivity index (χ0n) is 12.1. The molecule has 112 valence electrons. The highest BCUT2D eigenvalue weighted by Gasteiger charge is 2.17. The topological polar surface area (TPSA) is 12.0 Å². The maximum absolute atomic E-state index is 13.2. The molecule has 1 unspecified atom stereocenters. The van der Waals surface area contributed by atoms with Gasteiger partial charge in [0.25, 0.3) is 0 Å². The van der Waals surface area contributed by atoms with Gasteiger partial charge in [-0.25, -0.2) is 4.39 Å². The van der Waals surface area contributed by atoms with E-state index in [9.17, 15) is 4.39 Å². The molecule has 0 spiro atoms. The summed E-state index contributed by atoms with van der Waals surface area (Å²) in [4.78, 5) is 0. The SMILES string of the molecule is CCCNC(c1ccc(F)cc1)c1cc(Br)c(C)cc1Br. The van der Waals surface area contributed by atoms with Crippen molar-refractivity contribution in [3.8, 4) is 0 Å². The first-order chi connectivity index (χ1) is 10.0. The van der Waals surface area contributed by atoms with E-state index in [1.807, 2.05) is 12.1 Å². The average Bonchev–Trinajstić information content (AvgIpc) is 2.46. The minimum absolute atomic E-state index is 0.0387. The van der Waals surface area contributed by atoms with Gasteiger partial charge in [-0.05, 0) is 60.8 Å². The van der Waals surface area contributed by atoms with Crippen LogP contribution >= 0.6 is 31.9 Å². The van der Waals surface area contributed by atoms with Crippen LogP contribution in [0.2, 0.25) is 0 Å². The molecule has 0 fully saturated rings. The van der Waals surface area contributed by atoms with Gasteiger partial charge < -0.3 is 5.32 Å². The Hall–Kier alpha value is -0.710. The third kappa shape index (κ3) is 4.15. The van der Waals surface area contributed by atoms with Crippen molar-refractivity contribution in [1.29, 1.82) is 0 Å². The van der Waals surface area contributed by atoms with E-state index in [-0.39, 0.29) is 11.9 Å². The highest BCUT2D eigenvalue weighted by Crippen LogP contribution is 2.33. The zero-order valence-corrected chi connectivity index (χ0v) is 15.3. The van der Waals surface area contributed by atoms with Crippen LogP contribution < -0.4 is 5.32 Å². The Morgan fingerprint density at radius 2 is 1.76 bits per heavy atom. The monoisotopic (exact) mass is 413 g/mol. The zero-order chi connectivity index (χ0) is 15.4. The van der Waals surface area contributed by atoms with E-state index >= 15 is 0 Å². The van der Waals surface area contributed by atoms with Crippen LogP contribution in [0.15, 0.2) is 45.3 Å². The quantitative estimate of drug-likeness (QED) is 0.656. The van der Waals surface area contributed by atoms with Crippen LogP contribution in [0.1, 0.15) is 36.1 Å². The average molecular weight is 415 g/mol. The second kappa shape index (κ2) is 7.52. The van der Waals surface area contributed by atoms with Crippen LogP contribution in [-0.4, -0.2) is 6.54 Å². The Labute approximate surface area is 142 Å². The van der Waals surface area contributed by atoms with E-state index in [0.29, 0.717) is 0 Å². The van der Waals surface area contributed by atoms with Crippen LogP contribution in [0, 0.1) is 12.7 Å². The van der Waals surface area contributed by atoms with E-state index in [0.717, 1.165) is 33.0 Å². The molecule has 0 aliphatic carbocycles. The predicted octanol–water partition coefficient (Wildman–Crippen LogP) is 5.75. The molecule has 4 heteroatoms. The molecule has 0 amide bonds. The van der Waals surface area contributed by atoms with E-state index in [4.69, 9.17) is 0 Å². The lowest BCUT2D eigenvalue weighted by molar-refractivity contribution is 0.591. The van der Waals surface area contributed by atoms with Gasteiger partial charge in [-0.1, -0.05) is 50.9 Å². The van der Waals surface area contributed by atoms with Gasteiger partial charge >= 0.3 is 0 Å². The predicted molar refractivity (Wildman–Crippen MR) is 93.1 cm³/mol. The van der Waals surface area contributed by atoms with Crippen molar-refractivity contribution in [3.63, 3.8) is 0 Å². The Bertz CT molecular complexity index is 611. The van der Waals surface area contributed by atoms with Crippen molar-refractivity contribution < 1.29 is 4.39 Å². The molecule has 0 aliphatic heterocycles. The number of rotatable bonds is 5. The molecule has 1 nitrogen and oxygen atoms in total. The molecule has 2 aromatic carbocycles. The highest BCUT2D eigenvalue weighted by atomic mass is 79.9. The van der Waals surface area contributed by atoms with Gasteiger partial charge in [0.2, 0.25) is 0 Å². The molecule has 2 aromatic rings. The minimum Gasteiger partial charge on any atom is -0.306 e. The Kier molecular flexibility index (Phi) is 5.97. The van der Waals surface area contributed by atoms with Crippen molar-refractivity contribution in [2.24, 2.45) is 0 Å². The summed E-state index contributed by atoms with van der Waals surface area (Å²) >= 11 is 7.24. The lowest BCUT2D eigenvalue weighted by atomic mass is 9.97. The van der Waals surface area contributed by atoms with Crippen molar-refractivity contribution in [2.45, 2.75) is 26.3 Å².